The third-order valence-electron chi connectivity index (χ3n) is 1.72. The normalized spacial score (nSPS) is 13.7. The minimum atomic E-state index is -3.68. The smallest absolute Gasteiger partial charge is 0.296 e. The molecule has 5 nitrogen and oxygen atoms in total. The summed E-state index contributed by atoms with van der Waals surface area (Å²) in [5, 5.41) is 0. The topological polar surface area (TPSA) is 80.7 Å². The van der Waals surface area contributed by atoms with Gasteiger partial charge >= 0.3 is 0 Å². The molecule has 0 heterocycles. The lowest BCUT2D eigenvalue weighted by Crippen LogP contribution is -2.03. The van der Waals surface area contributed by atoms with Crippen LogP contribution in [0.4, 0.5) is 0 Å². The van der Waals surface area contributed by atoms with E-state index < -0.39 is 21.2 Å². The average Bonchev–Trinajstić information content (AvgIpc) is 2.18. The van der Waals surface area contributed by atoms with Gasteiger partial charge in [0.15, 0.2) is 11.1 Å². The Morgan fingerprint density at radius 1 is 1.33 bits per heavy atom. The predicted octanol–water partition coefficient (Wildman–Crippen LogP) is 0.743. The zero-order valence-electron chi connectivity index (χ0n) is 7.91. The highest BCUT2D eigenvalue weighted by molar-refractivity contribution is 7.86. The maximum absolute atomic E-state index is 11.2. The minimum Gasteiger partial charge on any atom is -0.306 e. The molecule has 15 heavy (non-hydrogen) atoms. The largest absolute Gasteiger partial charge is 0.306 e. The SMILES string of the molecule is COS(=O)(=O)c1ccc(CS(=O)O)cc1. The van der Waals surface area contributed by atoms with Crippen molar-refractivity contribution in [2.45, 2.75) is 10.6 Å². The standard InChI is InChI=1S/C8H10O5S2/c1-13-15(11,12)8-4-2-7(3-5-8)6-14(9)10/h2-5H,6H2,1H3,(H,9,10). The Morgan fingerprint density at radius 3 is 2.27 bits per heavy atom. The van der Waals surface area contributed by atoms with Gasteiger partial charge < -0.3 is 4.55 Å². The van der Waals surface area contributed by atoms with E-state index in [-0.39, 0.29) is 10.6 Å². The molecule has 0 saturated carbocycles. The fourth-order valence-electron chi connectivity index (χ4n) is 0.991. The molecule has 0 spiro atoms. The van der Waals surface area contributed by atoms with Crippen LogP contribution < -0.4 is 0 Å². The van der Waals surface area contributed by atoms with Crippen LogP contribution in [0.2, 0.25) is 0 Å². The molecule has 0 aliphatic heterocycles. The molecule has 0 bridgehead atoms. The van der Waals surface area contributed by atoms with E-state index in [2.05, 4.69) is 4.18 Å². The van der Waals surface area contributed by atoms with Crippen molar-refractivity contribution in [2.75, 3.05) is 7.11 Å². The van der Waals surface area contributed by atoms with Crippen LogP contribution in [0.5, 0.6) is 0 Å². The lowest BCUT2D eigenvalue weighted by molar-refractivity contribution is 0.398. The van der Waals surface area contributed by atoms with Crippen LogP contribution in [-0.4, -0.2) is 24.3 Å². The van der Waals surface area contributed by atoms with Crippen LogP contribution in [0.1, 0.15) is 5.56 Å². The van der Waals surface area contributed by atoms with Gasteiger partial charge in [0.2, 0.25) is 0 Å². The van der Waals surface area contributed by atoms with Gasteiger partial charge in [-0.3, -0.25) is 4.18 Å². The molecule has 0 radical (unpaired) electrons. The number of benzene rings is 1. The van der Waals surface area contributed by atoms with Crippen molar-refractivity contribution in [1.29, 1.82) is 0 Å². The summed E-state index contributed by atoms with van der Waals surface area (Å²) >= 11 is -1.93. The lowest BCUT2D eigenvalue weighted by Gasteiger charge is -2.02. The van der Waals surface area contributed by atoms with E-state index in [4.69, 9.17) is 4.55 Å². The molecular formula is C8H10O5S2. The van der Waals surface area contributed by atoms with Crippen molar-refractivity contribution >= 4 is 21.2 Å². The van der Waals surface area contributed by atoms with Crippen molar-refractivity contribution in [3.05, 3.63) is 29.8 Å². The van der Waals surface area contributed by atoms with Crippen LogP contribution in [-0.2, 0) is 31.1 Å². The molecule has 0 saturated heterocycles. The minimum absolute atomic E-state index is 0.0205. The second-order valence-electron chi connectivity index (χ2n) is 2.73. The van der Waals surface area contributed by atoms with E-state index in [9.17, 15) is 12.6 Å². The second-order valence-corrected chi connectivity index (χ2v) is 5.38. The average molecular weight is 250 g/mol. The molecule has 7 heteroatoms. The third-order valence-corrected chi connectivity index (χ3v) is 3.59. The van der Waals surface area contributed by atoms with Gasteiger partial charge in [-0.05, 0) is 17.7 Å². The molecule has 1 atom stereocenters. The summed E-state index contributed by atoms with van der Waals surface area (Å²) in [6.45, 7) is 0. The van der Waals surface area contributed by atoms with Gasteiger partial charge in [0, 0.05) is 0 Å². The molecule has 1 unspecified atom stereocenters. The van der Waals surface area contributed by atoms with Crippen LogP contribution in [0.25, 0.3) is 0 Å². The van der Waals surface area contributed by atoms with Crippen LogP contribution in [0, 0.1) is 0 Å². The van der Waals surface area contributed by atoms with Crippen molar-refractivity contribution < 1.29 is 21.4 Å². The lowest BCUT2D eigenvalue weighted by atomic mass is 10.2. The van der Waals surface area contributed by atoms with E-state index in [1.807, 2.05) is 0 Å². The summed E-state index contributed by atoms with van der Waals surface area (Å²) in [6, 6.07) is 5.61. The highest BCUT2D eigenvalue weighted by Crippen LogP contribution is 2.13. The van der Waals surface area contributed by atoms with Gasteiger partial charge in [-0.15, -0.1) is 0 Å². The van der Waals surface area contributed by atoms with Crippen LogP contribution in [0.15, 0.2) is 29.2 Å². The summed E-state index contributed by atoms with van der Waals surface area (Å²) in [7, 11) is -2.61. The van der Waals surface area contributed by atoms with Gasteiger partial charge in [0.1, 0.15) is 0 Å². The molecule has 0 aliphatic rings. The van der Waals surface area contributed by atoms with E-state index in [1.165, 1.54) is 24.3 Å². The second kappa shape index (κ2) is 4.84. The third kappa shape index (κ3) is 3.38. The van der Waals surface area contributed by atoms with Crippen molar-refractivity contribution in [1.82, 2.24) is 0 Å². The molecule has 0 aliphatic carbocycles. The summed E-state index contributed by atoms with van der Waals surface area (Å²) < 4.78 is 45.8. The Hall–Kier alpha value is -0.760. The summed E-state index contributed by atoms with van der Waals surface area (Å²) in [4.78, 5) is 0.0254. The maximum atomic E-state index is 11.2. The summed E-state index contributed by atoms with van der Waals surface area (Å²) in [6.07, 6.45) is 0. The van der Waals surface area contributed by atoms with E-state index >= 15 is 0 Å². The highest BCUT2D eigenvalue weighted by atomic mass is 32.2. The highest BCUT2D eigenvalue weighted by Gasteiger charge is 2.12. The Kier molecular flexibility index (Phi) is 3.97. The first kappa shape index (κ1) is 12.3. The van der Waals surface area contributed by atoms with Crippen LogP contribution in [0.3, 0.4) is 0 Å². The monoisotopic (exact) mass is 250 g/mol. The first-order chi connectivity index (χ1) is 6.95. The molecule has 1 N–H and O–H groups in total. The molecule has 0 aromatic heterocycles. The van der Waals surface area contributed by atoms with Crippen molar-refractivity contribution in [3.8, 4) is 0 Å². The van der Waals surface area contributed by atoms with E-state index in [0.717, 1.165) is 7.11 Å². The maximum Gasteiger partial charge on any atom is 0.296 e. The first-order valence-electron chi connectivity index (χ1n) is 3.93. The van der Waals surface area contributed by atoms with Crippen molar-refractivity contribution in [3.63, 3.8) is 0 Å². The fraction of sp³-hybridized carbons (Fsp3) is 0.250. The molecule has 1 aromatic rings. The molecule has 84 valence electrons. The fourth-order valence-corrected chi connectivity index (χ4v) is 2.13. The first-order valence-corrected chi connectivity index (χ1v) is 6.61. The summed E-state index contributed by atoms with van der Waals surface area (Å²) in [5.41, 5.74) is 0.589. The van der Waals surface area contributed by atoms with Gasteiger partial charge in [0.25, 0.3) is 10.1 Å². The van der Waals surface area contributed by atoms with Crippen molar-refractivity contribution in [2.24, 2.45) is 0 Å². The van der Waals surface area contributed by atoms with Gasteiger partial charge in [-0.2, -0.15) is 8.42 Å². The zero-order valence-corrected chi connectivity index (χ0v) is 9.55. The van der Waals surface area contributed by atoms with Gasteiger partial charge in [0.05, 0.1) is 17.8 Å². The predicted molar refractivity (Wildman–Crippen MR) is 55.1 cm³/mol. The van der Waals surface area contributed by atoms with Gasteiger partial charge in [-0.25, -0.2) is 4.21 Å². The zero-order chi connectivity index (χ0) is 11.5. The number of hydrogen-bond donors (Lipinski definition) is 1. The number of rotatable bonds is 4. The van der Waals surface area contributed by atoms with Gasteiger partial charge in [-0.1, -0.05) is 12.1 Å². The number of hydrogen-bond acceptors (Lipinski definition) is 4. The Balaban J connectivity index is 2.95. The molecular weight excluding hydrogens is 240 g/mol. The Bertz CT molecular complexity index is 448. The Labute approximate surface area is 90.5 Å². The molecule has 1 aromatic carbocycles. The molecule has 0 fully saturated rings. The van der Waals surface area contributed by atoms with Crippen LogP contribution >= 0.6 is 0 Å². The van der Waals surface area contributed by atoms with E-state index in [1.54, 1.807) is 0 Å². The molecule has 1 rings (SSSR count). The summed E-state index contributed by atoms with van der Waals surface area (Å²) in [5.74, 6) is -0.0205. The van der Waals surface area contributed by atoms with E-state index in [0.29, 0.717) is 5.56 Å². The Morgan fingerprint density at radius 2 is 1.87 bits per heavy atom. The quantitative estimate of drug-likeness (QED) is 0.629. The molecule has 0 amide bonds.